The summed E-state index contributed by atoms with van der Waals surface area (Å²) in [5.41, 5.74) is 1.88. The lowest BCUT2D eigenvalue weighted by atomic mass is 10.1. The molecule has 0 unspecified atom stereocenters. The van der Waals surface area contributed by atoms with Gasteiger partial charge in [-0.3, -0.25) is 0 Å². The van der Waals surface area contributed by atoms with Crippen molar-refractivity contribution in [2.45, 2.75) is 0 Å². The minimum absolute atomic E-state index is 0.548. The second-order valence-corrected chi connectivity index (χ2v) is 14.1. The summed E-state index contributed by atoms with van der Waals surface area (Å²) in [7, 11) is -2.60. The maximum Gasteiger partial charge on any atom is 0.198 e. The van der Waals surface area contributed by atoms with Crippen molar-refractivity contribution in [3.8, 4) is 11.3 Å². The normalized spacial score (nSPS) is 11.4. The zero-order valence-electron chi connectivity index (χ0n) is 18.0. The molecule has 2 nitrogen and oxygen atoms in total. The first-order chi connectivity index (χ1) is 16.6. The summed E-state index contributed by atoms with van der Waals surface area (Å²) in [5.74, 6) is 0. The van der Waals surface area contributed by atoms with E-state index >= 15 is 0 Å². The predicted octanol–water partition coefficient (Wildman–Crippen LogP) is 5.81. The van der Waals surface area contributed by atoms with Crippen molar-refractivity contribution in [3.05, 3.63) is 129 Å². The maximum absolute atomic E-state index is 4.67. The first-order valence-electron chi connectivity index (χ1n) is 10.8. The fraction of sp³-hybridized carbons (Fsp3) is 0. The molecule has 0 spiro atoms. The van der Waals surface area contributed by atoms with Gasteiger partial charge in [0.15, 0.2) is 12.8 Å². The number of hydrogen-bond acceptors (Lipinski definition) is 2. The molecule has 1 heterocycles. The van der Waals surface area contributed by atoms with Gasteiger partial charge in [-0.2, -0.15) is 0 Å². The fourth-order valence-electron chi connectivity index (χ4n) is 4.55. The molecule has 0 saturated carbocycles. The summed E-state index contributed by atoms with van der Waals surface area (Å²) < 4.78 is 2.28. The van der Waals surface area contributed by atoms with Crippen molar-refractivity contribution < 1.29 is 0 Å². The molecule has 1 aromatic heterocycles. The van der Waals surface area contributed by atoms with Crippen LogP contribution in [0.2, 0.25) is 0 Å². The molecule has 0 radical (unpaired) electrons. The first kappa shape index (κ1) is 23.4. The summed E-state index contributed by atoms with van der Waals surface area (Å²) in [6.07, 6.45) is 0. The number of benzene rings is 4. The van der Waals surface area contributed by atoms with E-state index in [0.29, 0.717) is 4.73 Å². The Morgan fingerprint density at radius 1 is 0.500 bits per heavy atom. The Morgan fingerprint density at radius 2 is 1.00 bits per heavy atom. The largest absolute Gasteiger partial charge is 0.222 e. The second-order valence-electron chi connectivity index (χ2n) is 7.89. The van der Waals surface area contributed by atoms with Crippen LogP contribution in [0.3, 0.4) is 0 Å². The summed E-state index contributed by atoms with van der Waals surface area (Å²) in [5, 5.41) is 5.31. The SMILES string of the molecule is Brc1cc(-c2cc([Si](c3ccccc3)(c3ccccc3)c3ccccc3)ccc2Br)nc(Br)n1. The van der Waals surface area contributed by atoms with Crippen LogP contribution in [0.25, 0.3) is 11.3 Å². The van der Waals surface area contributed by atoms with Crippen molar-refractivity contribution in [1.82, 2.24) is 9.97 Å². The highest BCUT2D eigenvalue weighted by Crippen LogP contribution is 2.29. The highest BCUT2D eigenvalue weighted by atomic mass is 79.9. The quantitative estimate of drug-likeness (QED) is 0.104. The molecule has 166 valence electrons. The average molecular weight is 651 g/mol. The van der Waals surface area contributed by atoms with Crippen molar-refractivity contribution >= 4 is 76.6 Å². The zero-order chi connectivity index (χ0) is 23.5. The van der Waals surface area contributed by atoms with Gasteiger partial charge in [-0.05, 0) is 64.7 Å². The number of nitrogens with zero attached hydrogens (tertiary/aromatic N) is 2. The molecule has 0 fully saturated rings. The van der Waals surface area contributed by atoms with E-state index in [4.69, 9.17) is 0 Å². The first-order valence-corrected chi connectivity index (χ1v) is 15.1. The van der Waals surface area contributed by atoms with E-state index in [-0.39, 0.29) is 0 Å². The van der Waals surface area contributed by atoms with Crippen molar-refractivity contribution in [2.24, 2.45) is 0 Å². The van der Waals surface area contributed by atoms with Crippen LogP contribution >= 0.6 is 47.8 Å². The van der Waals surface area contributed by atoms with Gasteiger partial charge in [-0.1, -0.05) is 119 Å². The van der Waals surface area contributed by atoms with Crippen molar-refractivity contribution in [2.75, 3.05) is 0 Å². The third-order valence-electron chi connectivity index (χ3n) is 5.96. The highest BCUT2D eigenvalue weighted by molar-refractivity contribution is 9.11. The van der Waals surface area contributed by atoms with Crippen LogP contribution in [0.5, 0.6) is 0 Å². The number of aromatic nitrogens is 2. The van der Waals surface area contributed by atoms with Gasteiger partial charge in [-0.15, -0.1) is 0 Å². The van der Waals surface area contributed by atoms with Gasteiger partial charge in [0.25, 0.3) is 0 Å². The fourth-order valence-corrected chi connectivity index (χ4v) is 10.8. The molecule has 5 aromatic rings. The Bertz CT molecular complexity index is 1310. The minimum atomic E-state index is -2.60. The van der Waals surface area contributed by atoms with Gasteiger partial charge >= 0.3 is 0 Å². The Kier molecular flexibility index (Phi) is 6.93. The summed E-state index contributed by atoms with van der Waals surface area (Å²) >= 11 is 10.7. The molecule has 0 aliphatic rings. The van der Waals surface area contributed by atoms with Gasteiger partial charge in [0.1, 0.15) is 4.60 Å². The van der Waals surface area contributed by atoms with E-state index in [1.54, 1.807) is 0 Å². The van der Waals surface area contributed by atoms with Crippen molar-refractivity contribution in [3.63, 3.8) is 0 Å². The lowest BCUT2D eigenvalue weighted by Crippen LogP contribution is -2.74. The lowest BCUT2D eigenvalue weighted by Gasteiger charge is -2.34. The molecule has 6 heteroatoms. The summed E-state index contributed by atoms with van der Waals surface area (Å²) in [4.78, 5) is 8.99. The Labute approximate surface area is 225 Å². The van der Waals surface area contributed by atoms with Crippen LogP contribution in [-0.4, -0.2) is 18.0 Å². The van der Waals surface area contributed by atoms with E-state index in [0.717, 1.165) is 20.3 Å². The van der Waals surface area contributed by atoms with E-state index in [2.05, 4.69) is 167 Å². The third-order valence-corrected chi connectivity index (χ3v) is 12.2. The van der Waals surface area contributed by atoms with Crippen LogP contribution in [0.4, 0.5) is 0 Å². The Balaban J connectivity index is 1.87. The Hall–Kier alpha value is -2.38. The zero-order valence-corrected chi connectivity index (χ0v) is 23.8. The summed E-state index contributed by atoms with van der Waals surface area (Å²) in [6.45, 7) is 0. The van der Waals surface area contributed by atoms with Crippen molar-refractivity contribution in [1.29, 1.82) is 0 Å². The van der Waals surface area contributed by atoms with Gasteiger partial charge in [0.2, 0.25) is 0 Å². The molecule has 0 saturated heterocycles. The molecule has 5 rings (SSSR count). The van der Waals surface area contributed by atoms with E-state index in [9.17, 15) is 0 Å². The molecule has 34 heavy (non-hydrogen) atoms. The van der Waals surface area contributed by atoms with E-state index in [1.165, 1.54) is 20.7 Å². The topological polar surface area (TPSA) is 25.8 Å². The van der Waals surface area contributed by atoms with E-state index < -0.39 is 8.07 Å². The van der Waals surface area contributed by atoms with Gasteiger partial charge in [0, 0.05) is 10.0 Å². The van der Waals surface area contributed by atoms with Crippen LogP contribution in [0, 0.1) is 0 Å². The van der Waals surface area contributed by atoms with Crippen LogP contribution in [0.1, 0.15) is 0 Å². The van der Waals surface area contributed by atoms with Crippen LogP contribution in [-0.2, 0) is 0 Å². The standard InChI is InChI=1S/C28H19Br3N2Si/c29-25-17-16-23(18-24(25)26-19-27(30)33-28(31)32-26)34(20-10-4-1-5-11-20,21-12-6-2-7-13-21)22-14-8-3-9-15-22/h1-19H. The molecule has 0 aliphatic heterocycles. The number of halogens is 3. The predicted molar refractivity (Wildman–Crippen MR) is 154 cm³/mol. The molecule has 0 bridgehead atoms. The molecular weight excluding hydrogens is 632 g/mol. The third kappa shape index (κ3) is 4.36. The maximum atomic E-state index is 4.67. The Morgan fingerprint density at radius 3 is 1.47 bits per heavy atom. The minimum Gasteiger partial charge on any atom is -0.222 e. The molecule has 0 aliphatic carbocycles. The molecule has 0 atom stereocenters. The molecule has 0 amide bonds. The van der Waals surface area contributed by atoms with E-state index in [1.807, 2.05) is 6.07 Å². The molecular formula is C28H19Br3N2Si. The smallest absolute Gasteiger partial charge is 0.198 e. The van der Waals surface area contributed by atoms with Crippen LogP contribution < -0.4 is 20.7 Å². The number of hydrogen-bond donors (Lipinski definition) is 0. The lowest BCUT2D eigenvalue weighted by molar-refractivity contribution is 1.09. The molecule has 0 N–H and O–H groups in total. The molecule has 4 aromatic carbocycles. The summed E-state index contributed by atoms with van der Waals surface area (Å²) in [6, 6.07) is 41.4. The monoisotopic (exact) mass is 648 g/mol. The van der Waals surface area contributed by atoms with Crippen LogP contribution in [0.15, 0.2) is 129 Å². The van der Waals surface area contributed by atoms with Gasteiger partial charge in [-0.25, -0.2) is 9.97 Å². The highest BCUT2D eigenvalue weighted by Gasteiger charge is 2.41. The number of rotatable bonds is 5. The van der Waals surface area contributed by atoms with Gasteiger partial charge in [0.05, 0.1) is 5.69 Å². The second kappa shape index (κ2) is 10.1. The average Bonchev–Trinajstić information content (AvgIpc) is 2.87. The van der Waals surface area contributed by atoms with Gasteiger partial charge < -0.3 is 0 Å².